The summed E-state index contributed by atoms with van der Waals surface area (Å²) in [6, 6.07) is 2.73. The van der Waals surface area contributed by atoms with Gasteiger partial charge in [-0.1, -0.05) is 6.92 Å². The molecule has 1 aliphatic heterocycles. The molecule has 0 aliphatic carbocycles. The molecule has 4 nitrogen and oxygen atoms in total. The smallest absolute Gasteiger partial charge is 0.366 e. The van der Waals surface area contributed by atoms with Crippen molar-refractivity contribution in [2.24, 2.45) is 5.92 Å². The van der Waals surface area contributed by atoms with E-state index in [-0.39, 0.29) is 5.69 Å². The molecule has 0 saturated carbocycles. The third-order valence-electron chi connectivity index (χ3n) is 3.50. The number of piperidine rings is 1. The standard InChI is InChI=1S/C13H15F3N2O2/c1-9-3-2-6-17(8-9)11-5-4-10(13(14,15)16)7-12(11)18(19)20/h4-5,7,9H,2-3,6,8H2,1H3. The van der Waals surface area contributed by atoms with Gasteiger partial charge < -0.3 is 4.90 Å². The molecule has 0 amide bonds. The summed E-state index contributed by atoms with van der Waals surface area (Å²) in [5.74, 6) is 0.380. The van der Waals surface area contributed by atoms with Crippen LogP contribution in [0, 0.1) is 16.0 Å². The maximum atomic E-state index is 12.6. The van der Waals surface area contributed by atoms with E-state index >= 15 is 0 Å². The Labute approximate surface area is 114 Å². The second-order valence-electron chi connectivity index (χ2n) is 5.15. The van der Waals surface area contributed by atoms with Crippen LogP contribution < -0.4 is 4.90 Å². The lowest BCUT2D eigenvalue weighted by molar-refractivity contribution is -0.384. The molecule has 1 heterocycles. The third-order valence-corrected chi connectivity index (χ3v) is 3.50. The molecule has 7 heteroatoms. The molecule has 0 radical (unpaired) electrons. The summed E-state index contributed by atoms with van der Waals surface area (Å²) in [5.41, 5.74) is -1.19. The van der Waals surface area contributed by atoms with Gasteiger partial charge >= 0.3 is 6.18 Å². The van der Waals surface area contributed by atoms with E-state index in [4.69, 9.17) is 0 Å². The fourth-order valence-electron chi connectivity index (χ4n) is 2.52. The van der Waals surface area contributed by atoms with Crippen molar-refractivity contribution in [2.75, 3.05) is 18.0 Å². The molecule has 1 aromatic rings. The zero-order chi connectivity index (χ0) is 14.9. The van der Waals surface area contributed by atoms with Crippen molar-refractivity contribution in [3.63, 3.8) is 0 Å². The van der Waals surface area contributed by atoms with Gasteiger partial charge in [0.15, 0.2) is 0 Å². The maximum absolute atomic E-state index is 12.6. The molecule has 0 N–H and O–H groups in total. The van der Waals surface area contributed by atoms with E-state index in [0.29, 0.717) is 25.1 Å². The molecule has 1 aliphatic rings. The first-order valence-corrected chi connectivity index (χ1v) is 6.39. The molecule has 110 valence electrons. The number of benzene rings is 1. The van der Waals surface area contributed by atoms with E-state index in [1.807, 2.05) is 6.92 Å². The van der Waals surface area contributed by atoms with Gasteiger partial charge in [-0.25, -0.2) is 0 Å². The summed E-state index contributed by atoms with van der Waals surface area (Å²) in [4.78, 5) is 12.1. The Balaban J connectivity index is 2.40. The maximum Gasteiger partial charge on any atom is 0.416 e. The molecular weight excluding hydrogens is 273 g/mol. The highest BCUT2D eigenvalue weighted by Crippen LogP contribution is 2.37. The fraction of sp³-hybridized carbons (Fsp3) is 0.538. The molecule has 0 aromatic heterocycles. The zero-order valence-electron chi connectivity index (χ0n) is 11.0. The van der Waals surface area contributed by atoms with Gasteiger partial charge in [-0.15, -0.1) is 0 Å². The van der Waals surface area contributed by atoms with Crippen molar-refractivity contribution in [1.82, 2.24) is 0 Å². The minimum absolute atomic E-state index is 0.273. The van der Waals surface area contributed by atoms with E-state index in [0.717, 1.165) is 18.9 Å². The van der Waals surface area contributed by atoms with E-state index < -0.39 is 22.4 Å². The molecule has 1 saturated heterocycles. The number of nitro benzene ring substituents is 1. The number of halogens is 3. The van der Waals surface area contributed by atoms with Gasteiger partial charge in [0.05, 0.1) is 10.5 Å². The van der Waals surface area contributed by atoms with Gasteiger partial charge in [-0.3, -0.25) is 10.1 Å². The van der Waals surface area contributed by atoms with Crippen LogP contribution in [0.3, 0.4) is 0 Å². The summed E-state index contributed by atoms with van der Waals surface area (Å²) in [6.45, 7) is 3.30. The average Bonchev–Trinajstić information content (AvgIpc) is 2.37. The van der Waals surface area contributed by atoms with Crippen LogP contribution in [0.2, 0.25) is 0 Å². The molecule has 1 atom stereocenters. The van der Waals surface area contributed by atoms with Gasteiger partial charge in [-0.05, 0) is 30.9 Å². The number of hydrogen-bond donors (Lipinski definition) is 0. The number of hydrogen-bond acceptors (Lipinski definition) is 3. The van der Waals surface area contributed by atoms with Gasteiger partial charge in [0, 0.05) is 19.2 Å². The summed E-state index contributed by atoms with van der Waals surface area (Å²) in [6.07, 6.45) is -2.65. The Morgan fingerprint density at radius 3 is 2.65 bits per heavy atom. The lowest BCUT2D eigenvalue weighted by Crippen LogP contribution is -2.34. The molecule has 2 rings (SSSR count). The number of anilines is 1. The average molecular weight is 288 g/mol. The van der Waals surface area contributed by atoms with E-state index in [1.54, 1.807) is 4.90 Å². The van der Waals surface area contributed by atoms with Crippen LogP contribution in [-0.2, 0) is 6.18 Å². The van der Waals surface area contributed by atoms with Crippen LogP contribution in [-0.4, -0.2) is 18.0 Å². The van der Waals surface area contributed by atoms with Gasteiger partial charge in [-0.2, -0.15) is 13.2 Å². The number of nitrogens with zero attached hydrogens (tertiary/aromatic N) is 2. The zero-order valence-corrected chi connectivity index (χ0v) is 11.0. The van der Waals surface area contributed by atoms with Crippen LogP contribution in [0.1, 0.15) is 25.3 Å². The Morgan fingerprint density at radius 2 is 2.10 bits per heavy atom. The monoisotopic (exact) mass is 288 g/mol. The number of rotatable bonds is 2. The number of nitro groups is 1. The minimum Gasteiger partial charge on any atom is -0.366 e. The molecular formula is C13H15F3N2O2. The lowest BCUT2D eigenvalue weighted by Gasteiger charge is -2.32. The van der Waals surface area contributed by atoms with Crippen molar-refractivity contribution in [3.05, 3.63) is 33.9 Å². The highest BCUT2D eigenvalue weighted by molar-refractivity contribution is 5.64. The summed E-state index contributed by atoms with van der Waals surface area (Å²) >= 11 is 0. The molecule has 1 unspecified atom stereocenters. The molecule has 0 bridgehead atoms. The van der Waals surface area contributed by atoms with Crippen molar-refractivity contribution < 1.29 is 18.1 Å². The molecule has 20 heavy (non-hydrogen) atoms. The predicted octanol–water partition coefficient (Wildman–Crippen LogP) is 3.85. The van der Waals surface area contributed by atoms with Crippen LogP contribution in [0.5, 0.6) is 0 Å². The molecule has 0 spiro atoms. The fourth-order valence-corrected chi connectivity index (χ4v) is 2.52. The van der Waals surface area contributed by atoms with E-state index in [1.165, 1.54) is 6.07 Å². The first-order valence-electron chi connectivity index (χ1n) is 6.39. The summed E-state index contributed by atoms with van der Waals surface area (Å²) in [7, 11) is 0. The Morgan fingerprint density at radius 1 is 1.40 bits per heavy atom. The largest absolute Gasteiger partial charge is 0.416 e. The molecule has 1 aromatic carbocycles. The van der Waals surface area contributed by atoms with Gasteiger partial charge in [0.25, 0.3) is 5.69 Å². The van der Waals surface area contributed by atoms with Crippen molar-refractivity contribution in [3.8, 4) is 0 Å². The van der Waals surface area contributed by atoms with Crippen molar-refractivity contribution in [1.29, 1.82) is 0 Å². The third kappa shape index (κ3) is 3.02. The van der Waals surface area contributed by atoms with Crippen LogP contribution in [0.4, 0.5) is 24.5 Å². The SMILES string of the molecule is CC1CCCN(c2ccc(C(F)(F)F)cc2[N+](=O)[O-])C1. The second-order valence-corrected chi connectivity index (χ2v) is 5.15. The minimum atomic E-state index is -4.57. The van der Waals surface area contributed by atoms with Crippen LogP contribution >= 0.6 is 0 Å². The highest BCUT2D eigenvalue weighted by Gasteiger charge is 2.34. The normalized spacial score (nSPS) is 20.0. The summed E-state index contributed by atoms with van der Waals surface area (Å²) in [5, 5.41) is 11.0. The van der Waals surface area contributed by atoms with E-state index in [2.05, 4.69) is 0 Å². The van der Waals surface area contributed by atoms with Crippen molar-refractivity contribution in [2.45, 2.75) is 25.9 Å². The van der Waals surface area contributed by atoms with E-state index in [9.17, 15) is 23.3 Å². The number of alkyl halides is 3. The predicted molar refractivity (Wildman–Crippen MR) is 68.7 cm³/mol. The van der Waals surface area contributed by atoms with Gasteiger partial charge in [0.2, 0.25) is 0 Å². The molecule has 1 fully saturated rings. The second kappa shape index (κ2) is 5.30. The Hall–Kier alpha value is -1.79. The Bertz CT molecular complexity index is 517. The van der Waals surface area contributed by atoms with Gasteiger partial charge in [0.1, 0.15) is 5.69 Å². The van der Waals surface area contributed by atoms with Crippen LogP contribution in [0.15, 0.2) is 18.2 Å². The summed E-state index contributed by atoms with van der Waals surface area (Å²) < 4.78 is 37.9. The lowest BCUT2D eigenvalue weighted by atomic mass is 9.99. The topological polar surface area (TPSA) is 46.4 Å². The highest BCUT2D eigenvalue weighted by atomic mass is 19.4. The first-order chi connectivity index (χ1) is 9.29. The quantitative estimate of drug-likeness (QED) is 0.613. The van der Waals surface area contributed by atoms with Crippen LogP contribution in [0.25, 0.3) is 0 Å². The van der Waals surface area contributed by atoms with Crippen molar-refractivity contribution >= 4 is 11.4 Å². The first kappa shape index (κ1) is 14.6. The Kier molecular flexibility index (Phi) is 3.87.